The van der Waals surface area contributed by atoms with Gasteiger partial charge in [-0.25, -0.2) is 8.78 Å². The van der Waals surface area contributed by atoms with Crippen LogP contribution in [0.1, 0.15) is 17.2 Å². The molecule has 2 rings (SSSR count). The summed E-state index contributed by atoms with van der Waals surface area (Å²) >= 11 is 0. The summed E-state index contributed by atoms with van der Waals surface area (Å²) in [6.07, 6.45) is -0.0188. The van der Waals surface area contributed by atoms with E-state index in [9.17, 15) is 18.9 Å². The van der Waals surface area contributed by atoms with Crippen molar-refractivity contribution in [3.8, 4) is 0 Å². The number of nitro groups is 1. The number of halogens is 2. The van der Waals surface area contributed by atoms with Gasteiger partial charge in [0.2, 0.25) is 0 Å². The van der Waals surface area contributed by atoms with Crippen LogP contribution < -0.4 is 5.73 Å². The first-order valence-corrected chi connectivity index (χ1v) is 5.92. The molecule has 0 aliphatic heterocycles. The Bertz CT molecular complexity index is 627. The minimum Gasteiger partial charge on any atom is -0.323 e. The molecule has 0 aromatic heterocycles. The van der Waals surface area contributed by atoms with E-state index < -0.39 is 22.6 Å². The summed E-state index contributed by atoms with van der Waals surface area (Å²) in [5.41, 5.74) is 5.77. The minimum absolute atomic E-state index is 0.0188. The van der Waals surface area contributed by atoms with E-state index in [0.29, 0.717) is 5.56 Å². The summed E-state index contributed by atoms with van der Waals surface area (Å²) in [7, 11) is 0. The lowest BCUT2D eigenvalue weighted by Gasteiger charge is -2.14. The Balaban J connectivity index is 2.33. The highest BCUT2D eigenvalue weighted by Gasteiger charge is 2.20. The highest BCUT2D eigenvalue weighted by atomic mass is 19.1. The Morgan fingerprint density at radius 1 is 1.10 bits per heavy atom. The second-order valence-electron chi connectivity index (χ2n) is 4.33. The van der Waals surface area contributed by atoms with Gasteiger partial charge >= 0.3 is 0 Å². The molecule has 2 aromatic carbocycles. The van der Waals surface area contributed by atoms with E-state index in [2.05, 4.69) is 0 Å². The third-order valence-corrected chi connectivity index (χ3v) is 3.00. The third kappa shape index (κ3) is 2.80. The molecule has 0 amide bonds. The summed E-state index contributed by atoms with van der Waals surface area (Å²) in [5.74, 6) is -1.51. The fourth-order valence-corrected chi connectivity index (χ4v) is 2.07. The Morgan fingerprint density at radius 3 is 2.30 bits per heavy atom. The average molecular weight is 278 g/mol. The van der Waals surface area contributed by atoms with E-state index in [0.717, 1.165) is 12.1 Å². The number of benzene rings is 2. The fraction of sp³-hybridized carbons (Fsp3) is 0.143. The van der Waals surface area contributed by atoms with Gasteiger partial charge < -0.3 is 5.73 Å². The van der Waals surface area contributed by atoms with Crippen LogP contribution in [0.3, 0.4) is 0 Å². The molecule has 0 aliphatic carbocycles. The first-order valence-electron chi connectivity index (χ1n) is 5.92. The molecule has 6 heteroatoms. The molecular weight excluding hydrogens is 266 g/mol. The number of nitro benzene ring substituents is 1. The van der Waals surface area contributed by atoms with Gasteiger partial charge in [-0.1, -0.05) is 24.3 Å². The molecule has 0 spiro atoms. The molecular formula is C14H12F2N2O2. The van der Waals surface area contributed by atoms with Gasteiger partial charge in [0.1, 0.15) is 11.6 Å². The lowest BCUT2D eigenvalue weighted by atomic mass is 9.98. The number of nitrogens with zero attached hydrogens (tertiary/aromatic N) is 1. The van der Waals surface area contributed by atoms with E-state index in [-0.39, 0.29) is 17.7 Å². The quantitative estimate of drug-likeness (QED) is 0.690. The number of hydrogen-bond donors (Lipinski definition) is 1. The second-order valence-corrected chi connectivity index (χ2v) is 4.33. The van der Waals surface area contributed by atoms with Gasteiger partial charge in [-0.2, -0.15) is 0 Å². The van der Waals surface area contributed by atoms with E-state index in [1.165, 1.54) is 24.3 Å². The zero-order valence-electron chi connectivity index (χ0n) is 10.4. The summed E-state index contributed by atoms with van der Waals surface area (Å²) < 4.78 is 27.2. The smallest absolute Gasteiger partial charge is 0.272 e. The fourth-order valence-electron chi connectivity index (χ4n) is 2.07. The molecule has 20 heavy (non-hydrogen) atoms. The first-order chi connectivity index (χ1) is 9.50. The molecule has 0 radical (unpaired) electrons. The van der Waals surface area contributed by atoms with Crippen LogP contribution in [0.4, 0.5) is 14.5 Å². The molecule has 0 saturated heterocycles. The van der Waals surface area contributed by atoms with Crippen LogP contribution in [-0.2, 0) is 6.42 Å². The van der Waals surface area contributed by atoms with Gasteiger partial charge in [-0.15, -0.1) is 0 Å². The molecule has 0 fully saturated rings. The van der Waals surface area contributed by atoms with Crippen LogP contribution in [0.15, 0.2) is 42.5 Å². The molecule has 2 N–H and O–H groups in total. The van der Waals surface area contributed by atoms with Crippen molar-refractivity contribution in [3.63, 3.8) is 0 Å². The summed E-state index contributed by atoms with van der Waals surface area (Å²) in [5, 5.41) is 10.9. The zero-order valence-corrected chi connectivity index (χ0v) is 10.4. The van der Waals surface area contributed by atoms with Crippen LogP contribution >= 0.6 is 0 Å². The zero-order chi connectivity index (χ0) is 14.7. The maximum Gasteiger partial charge on any atom is 0.272 e. The van der Waals surface area contributed by atoms with E-state index >= 15 is 0 Å². The molecule has 0 saturated carbocycles. The molecule has 1 unspecified atom stereocenters. The second kappa shape index (κ2) is 5.75. The number of rotatable bonds is 4. The van der Waals surface area contributed by atoms with Gasteiger partial charge in [-0.3, -0.25) is 10.1 Å². The number of hydrogen-bond acceptors (Lipinski definition) is 3. The molecule has 0 aliphatic rings. The maximum atomic E-state index is 13.6. The number of para-hydroxylation sites is 1. The van der Waals surface area contributed by atoms with Crippen molar-refractivity contribution < 1.29 is 13.7 Å². The highest BCUT2D eigenvalue weighted by Crippen LogP contribution is 2.26. The van der Waals surface area contributed by atoms with Crippen LogP contribution in [0.5, 0.6) is 0 Å². The molecule has 1 atom stereocenters. The van der Waals surface area contributed by atoms with Crippen molar-refractivity contribution in [1.29, 1.82) is 0 Å². The first kappa shape index (κ1) is 14.1. The molecule has 0 bridgehead atoms. The van der Waals surface area contributed by atoms with E-state index in [4.69, 9.17) is 5.73 Å². The third-order valence-electron chi connectivity index (χ3n) is 3.00. The normalized spacial score (nSPS) is 12.2. The van der Waals surface area contributed by atoms with Crippen LogP contribution in [0.2, 0.25) is 0 Å². The average Bonchev–Trinajstić information content (AvgIpc) is 2.38. The van der Waals surface area contributed by atoms with Gasteiger partial charge in [0, 0.05) is 23.2 Å². The highest BCUT2D eigenvalue weighted by molar-refractivity contribution is 5.41. The Labute approximate surface area is 114 Å². The van der Waals surface area contributed by atoms with Gasteiger partial charge in [0.05, 0.1) is 4.92 Å². The lowest BCUT2D eigenvalue weighted by molar-refractivity contribution is -0.385. The van der Waals surface area contributed by atoms with Crippen molar-refractivity contribution in [1.82, 2.24) is 0 Å². The maximum absolute atomic E-state index is 13.6. The molecule has 2 aromatic rings. The van der Waals surface area contributed by atoms with Crippen LogP contribution in [0.25, 0.3) is 0 Å². The minimum atomic E-state index is -0.989. The van der Waals surface area contributed by atoms with E-state index in [1.807, 2.05) is 0 Å². The van der Waals surface area contributed by atoms with Crippen molar-refractivity contribution in [2.75, 3.05) is 0 Å². The molecule has 104 valence electrons. The standard InChI is InChI=1S/C14H12F2N2O2/c15-10-5-3-6-11(16)14(10)12(17)8-9-4-1-2-7-13(9)18(19)20/h1-7,12H,8,17H2. The van der Waals surface area contributed by atoms with Crippen LogP contribution in [-0.4, -0.2) is 4.92 Å². The largest absolute Gasteiger partial charge is 0.323 e. The monoisotopic (exact) mass is 278 g/mol. The van der Waals surface area contributed by atoms with E-state index in [1.54, 1.807) is 6.07 Å². The van der Waals surface area contributed by atoms with Gasteiger partial charge in [0.15, 0.2) is 0 Å². The predicted octanol–water partition coefficient (Wildman–Crippen LogP) is 3.12. The predicted molar refractivity (Wildman–Crippen MR) is 70.1 cm³/mol. The number of nitrogens with two attached hydrogens (primary N) is 1. The summed E-state index contributed by atoms with van der Waals surface area (Å²) in [4.78, 5) is 10.3. The van der Waals surface area contributed by atoms with Crippen molar-refractivity contribution in [3.05, 3.63) is 75.3 Å². The topological polar surface area (TPSA) is 69.2 Å². The SMILES string of the molecule is NC(Cc1ccccc1[N+](=O)[O-])c1c(F)cccc1F. The molecule has 0 heterocycles. The van der Waals surface area contributed by atoms with Crippen molar-refractivity contribution >= 4 is 5.69 Å². The van der Waals surface area contributed by atoms with Crippen LogP contribution in [0, 0.1) is 21.7 Å². The van der Waals surface area contributed by atoms with Crippen molar-refractivity contribution in [2.45, 2.75) is 12.5 Å². The lowest BCUT2D eigenvalue weighted by Crippen LogP contribution is -2.17. The Kier molecular flexibility index (Phi) is 4.05. The summed E-state index contributed by atoms with van der Waals surface area (Å²) in [6.45, 7) is 0. The van der Waals surface area contributed by atoms with Gasteiger partial charge in [-0.05, 0) is 18.6 Å². The Morgan fingerprint density at radius 2 is 1.70 bits per heavy atom. The molecule has 4 nitrogen and oxygen atoms in total. The van der Waals surface area contributed by atoms with Crippen molar-refractivity contribution in [2.24, 2.45) is 5.73 Å². The Hall–Kier alpha value is -2.34. The van der Waals surface area contributed by atoms with Gasteiger partial charge in [0.25, 0.3) is 5.69 Å². The summed E-state index contributed by atoms with van der Waals surface area (Å²) in [6, 6.07) is 8.47.